The Bertz CT molecular complexity index is 1390. The van der Waals surface area contributed by atoms with Crippen LogP contribution in [0.1, 0.15) is 18.9 Å². The molecule has 0 aliphatic carbocycles. The van der Waals surface area contributed by atoms with E-state index in [9.17, 15) is 18.3 Å². The second-order valence-electron chi connectivity index (χ2n) is 9.50. The van der Waals surface area contributed by atoms with E-state index in [1.165, 1.54) is 17.5 Å². The second-order valence-corrected chi connectivity index (χ2v) is 12.5. The van der Waals surface area contributed by atoms with Crippen molar-refractivity contribution >= 4 is 55.4 Å². The molecule has 0 bridgehead atoms. The number of aromatic nitrogens is 1. The van der Waals surface area contributed by atoms with Gasteiger partial charge in [-0.15, -0.1) is 11.3 Å². The lowest BCUT2D eigenvalue weighted by molar-refractivity contribution is -0.136. The zero-order chi connectivity index (χ0) is 26.9. The number of fused-ring (bicyclic) bond motifs is 1. The molecule has 0 spiro atoms. The molecule has 2 aliphatic rings. The van der Waals surface area contributed by atoms with Gasteiger partial charge < -0.3 is 19.8 Å². The van der Waals surface area contributed by atoms with E-state index in [0.29, 0.717) is 29.8 Å². The van der Waals surface area contributed by atoms with Crippen molar-refractivity contribution in [2.75, 3.05) is 47.3 Å². The number of amides is 1. The van der Waals surface area contributed by atoms with E-state index < -0.39 is 10.0 Å². The van der Waals surface area contributed by atoms with Gasteiger partial charge in [0.1, 0.15) is 6.04 Å². The van der Waals surface area contributed by atoms with Crippen molar-refractivity contribution in [2.45, 2.75) is 36.7 Å². The number of halogens is 1. The number of nitrogens with zero attached hydrogens (tertiary/aromatic N) is 4. The molecular weight excluding hydrogens is 546 g/mol. The Kier molecular flexibility index (Phi) is 7.80. The molecule has 38 heavy (non-hydrogen) atoms. The van der Waals surface area contributed by atoms with Gasteiger partial charge in [-0.2, -0.15) is 0 Å². The van der Waals surface area contributed by atoms with Crippen LogP contribution in [0.5, 0.6) is 0 Å². The van der Waals surface area contributed by atoms with E-state index >= 15 is 0 Å². The van der Waals surface area contributed by atoms with E-state index in [1.807, 2.05) is 25.1 Å². The molecule has 3 aromatic rings. The lowest BCUT2D eigenvalue weighted by Gasteiger charge is -2.44. The van der Waals surface area contributed by atoms with Crippen LogP contribution in [0, 0.1) is 0 Å². The molecule has 2 aliphatic heterocycles. The third kappa shape index (κ3) is 5.47. The fourth-order valence-electron chi connectivity index (χ4n) is 5.19. The maximum absolute atomic E-state index is 13.6. The summed E-state index contributed by atoms with van der Waals surface area (Å²) in [4.78, 5) is 23.7. The lowest BCUT2D eigenvalue weighted by atomic mass is 9.99. The van der Waals surface area contributed by atoms with Crippen molar-refractivity contribution in [3.63, 3.8) is 0 Å². The van der Waals surface area contributed by atoms with Crippen LogP contribution >= 0.6 is 22.9 Å². The number of aliphatic hydroxyl groups is 1. The molecule has 1 saturated heterocycles. The van der Waals surface area contributed by atoms with Crippen molar-refractivity contribution in [3.05, 3.63) is 64.6 Å². The molecule has 2 N–H and O–H groups in total. The maximum Gasteiger partial charge on any atom is 0.263 e. The average Bonchev–Trinajstić information content (AvgIpc) is 3.43. The molecule has 0 radical (unpaired) electrons. The number of piperazine rings is 1. The summed E-state index contributed by atoms with van der Waals surface area (Å²) in [6.45, 7) is 4.03. The molecule has 3 heterocycles. The van der Waals surface area contributed by atoms with Gasteiger partial charge in [-0.25, -0.2) is 13.4 Å². The molecule has 1 fully saturated rings. The van der Waals surface area contributed by atoms with Gasteiger partial charge in [-0.3, -0.25) is 9.52 Å². The van der Waals surface area contributed by atoms with Crippen molar-refractivity contribution in [3.8, 4) is 0 Å². The normalized spacial score (nSPS) is 18.7. The molecule has 202 valence electrons. The molecular formula is C26H30ClN5O4S2. The summed E-state index contributed by atoms with van der Waals surface area (Å²) in [5.74, 6) is -0.0128. The Hall–Kier alpha value is -2.86. The molecule has 0 saturated carbocycles. The van der Waals surface area contributed by atoms with Crippen LogP contribution in [-0.2, 0) is 21.2 Å². The number of aryl methyl sites for hydroxylation is 1. The predicted octanol–water partition coefficient (Wildman–Crippen LogP) is 3.45. The minimum Gasteiger partial charge on any atom is -0.394 e. The Morgan fingerprint density at radius 1 is 1.21 bits per heavy atom. The summed E-state index contributed by atoms with van der Waals surface area (Å²) in [7, 11) is -3.74. The van der Waals surface area contributed by atoms with E-state index in [-0.39, 0.29) is 29.5 Å². The molecule has 0 unspecified atom stereocenters. The standard InChI is InChI=1S/C26H30ClN5O4S2/c1-18(31-11-2-3-19-15-20(27)4-9-24(19)31)25(34)32-13-12-30(16-22(32)17-33)21-5-7-23(8-6-21)38(35,36)29-26-28-10-14-37-26/h4-10,14-15,18,22,33H,2-3,11-13,16-17H2,1H3,(H,28,29)/t18-,22+/m1/s1. The van der Waals surface area contributed by atoms with E-state index in [1.54, 1.807) is 34.5 Å². The number of rotatable bonds is 7. The van der Waals surface area contributed by atoms with E-state index in [0.717, 1.165) is 36.3 Å². The number of sulfonamides is 1. The van der Waals surface area contributed by atoms with Crippen LogP contribution < -0.4 is 14.5 Å². The van der Waals surface area contributed by atoms with Gasteiger partial charge in [0.15, 0.2) is 5.13 Å². The fraction of sp³-hybridized carbons (Fsp3) is 0.385. The zero-order valence-electron chi connectivity index (χ0n) is 21.0. The van der Waals surface area contributed by atoms with Crippen LogP contribution in [0.15, 0.2) is 58.9 Å². The average molecular weight is 576 g/mol. The number of carbonyl (C=O) groups is 1. The second kappa shape index (κ2) is 11.1. The van der Waals surface area contributed by atoms with Crippen LogP contribution in [0.4, 0.5) is 16.5 Å². The quantitative estimate of drug-likeness (QED) is 0.444. The highest BCUT2D eigenvalue weighted by Crippen LogP contribution is 2.32. The molecule has 5 rings (SSSR count). The molecule has 1 amide bonds. The summed E-state index contributed by atoms with van der Waals surface area (Å²) in [5.41, 5.74) is 3.03. The molecule has 2 atom stereocenters. The SMILES string of the molecule is C[C@H](C(=O)N1CCN(c2ccc(S(=O)(=O)Nc3nccs3)cc2)C[C@H]1CO)N1CCCc2cc(Cl)ccc21. The Labute approximate surface area is 231 Å². The number of hydrogen-bond donors (Lipinski definition) is 2. The molecule has 2 aromatic carbocycles. The number of benzene rings is 2. The minimum atomic E-state index is -3.74. The first-order chi connectivity index (χ1) is 18.3. The summed E-state index contributed by atoms with van der Waals surface area (Å²) in [5, 5.41) is 12.9. The van der Waals surface area contributed by atoms with Crippen LogP contribution in [0.25, 0.3) is 0 Å². The first kappa shape index (κ1) is 26.7. The number of nitrogens with one attached hydrogen (secondary N) is 1. The van der Waals surface area contributed by atoms with Gasteiger partial charge in [-0.1, -0.05) is 11.6 Å². The first-order valence-corrected chi connectivity index (χ1v) is 15.2. The van der Waals surface area contributed by atoms with Crippen molar-refractivity contribution < 1.29 is 18.3 Å². The van der Waals surface area contributed by atoms with Crippen molar-refractivity contribution in [1.29, 1.82) is 0 Å². The van der Waals surface area contributed by atoms with Gasteiger partial charge >= 0.3 is 0 Å². The fourth-order valence-corrected chi connectivity index (χ4v) is 7.17. The predicted molar refractivity (Wildman–Crippen MR) is 151 cm³/mol. The van der Waals surface area contributed by atoms with Crippen molar-refractivity contribution in [1.82, 2.24) is 9.88 Å². The Balaban J connectivity index is 1.26. The monoisotopic (exact) mass is 575 g/mol. The smallest absolute Gasteiger partial charge is 0.263 e. The van der Waals surface area contributed by atoms with Gasteiger partial charge in [-0.05, 0) is 67.8 Å². The summed E-state index contributed by atoms with van der Waals surface area (Å²) in [6, 6.07) is 11.7. The lowest BCUT2D eigenvalue weighted by Crippen LogP contribution is -2.60. The molecule has 12 heteroatoms. The van der Waals surface area contributed by atoms with Crippen LogP contribution in [0.2, 0.25) is 5.02 Å². The topological polar surface area (TPSA) is 106 Å². The summed E-state index contributed by atoms with van der Waals surface area (Å²) < 4.78 is 27.8. The largest absolute Gasteiger partial charge is 0.394 e. The summed E-state index contributed by atoms with van der Waals surface area (Å²) in [6.07, 6.45) is 3.43. The van der Waals surface area contributed by atoms with Crippen LogP contribution in [-0.4, -0.2) is 74.2 Å². The minimum absolute atomic E-state index is 0.0128. The van der Waals surface area contributed by atoms with Gasteiger partial charge in [0.2, 0.25) is 5.91 Å². The Morgan fingerprint density at radius 3 is 2.71 bits per heavy atom. The number of anilines is 3. The number of hydrogen-bond acceptors (Lipinski definition) is 8. The highest BCUT2D eigenvalue weighted by molar-refractivity contribution is 7.93. The van der Waals surface area contributed by atoms with Gasteiger partial charge in [0.05, 0.1) is 17.5 Å². The zero-order valence-corrected chi connectivity index (χ0v) is 23.3. The highest BCUT2D eigenvalue weighted by atomic mass is 35.5. The van der Waals surface area contributed by atoms with Crippen molar-refractivity contribution in [2.24, 2.45) is 0 Å². The Morgan fingerprint density at radius 2 is 2.00 bits per heavy atom. The number of aliphatic hydroxyl groups excluding tert-OH is 1. The number of carbonyl (C=O) groups excluding carboxylic acids is 1. The van der Waals surface area contributed by atoms with Gasteiger partial charge in [0, 0.05) is 54.2 Å². The maximum atomic E-state index is 13.6. The highest BCUT2D eigenvalue weighted by Gasteiger charge is 2.35. The third-order valence-electron chi connectivity index (χ3n) is 7.16. The summed E-state index contributed by atoms with van der Waals surface area (Å²) >= 11 is 7.40. The van der Waals surface area contributed by atoms with E-state index in [4.69, 9.17) is 11.6 Å². The van der Waals surface area contributed by atoms with Crippen LogP contribution in [0.3, 0.4) is 0 Å². The first-order valence-electron chi connectivity index (χ1n) is 12.5. The van der Waals surface area contributed by atoms with Gasteiger partial charge in [0.25, 0.3) is 10.0 Å². The number of thiazole rings is 1. The molecule has 9 nitrogen and oxygen atoms in total. The molecule has 1 aromatic heterocycles. The van der Waals surface area contributed by atoms with E-state index in [2.05, 4.69) is 19.5 Å². The third-order valence-corrected chi connectivity index (χ3v) is 9.57.